The molecule has 11 rings (SSSR count). The molecular weight excluding hydrogens is 621 g/mol. The Morgan fingerprint density at radius 3 is 1.71 bits per heavy atom. The summed E-state index contributed by atoms with van der Waals surface area (Å²) in [5.74, 6) is 0. The highest BCUT2D eigenvalue weighted by Crippen LogP contribution is 2.44. The summed E-state index contributed by atoms with van der Waals surface area (Å²) in [6.45, 7) is 0. The fourth-order valence-corrected chi connectivity index (χ4v) is 8.21. The van der Waals surface area contributed by atoms with Crippen LogP contribution in [0.15, 0.2) is 186 Å². The number of para-hydroxylation sites is 2. The molecule has 0 saturated carbocycles. The van der Waals surface area contributed by atoms with Gasteiger partial charge >= 0.3 is 0 Å². The highest BCUT2D eigenvalue weighted by atomic mass is 16.3. The molecule has 0 fully saturated rings. The minimum atomic E-state index is 0.889. The molecule has 3 nitrogen and oxygen atoms in total. The summed E-state index contributed by atoms with van der Waals surface area (Å²) < 4.78 is 11.4. The number of nitrogens with zero attached hydrogens (tertiary/aromatic N) is 2. The van der Waals surface area contributed by atoms with Crippen LogP contribution in [-0.4, -0.2) is 9.13 Å². The van der Waals surface area contributed by atoms with Crippen LogP contribution in [0.25, 0.3) is 99.2 Å². The van der Waals surface area contributed by atoms with E-state index in [0.29, 0.717) is 0 Å². The zero-order valence-electron chi connectivity index (χ0n) is 27.6. The average Bonchev–Trinajstić information content (AvgIpc) is 3.85. The van der Waals surface area contributed by atoms with Crippen LogP contribution < -0.4 is 0 Å². The molecule has 0 spiro atoms. The van der Waals surface area contributed by atoms with Crippen molar-refractivity contribution in [2.45, 2.75) is 0 Å². The van der Waals surface area contributed by atoms with Gasteiger partial charge in [0.2, 0.25) is 0 Å². The minimum absolute atomic E-state index is 0.889. The van der Waals surface area contributed by atoms with E-state index in [1.54, 1.807) is 0 Å². The van der Waals surface area contributed by atoms with Crippen molar-refractivity contribution in [2.24, 2.45) is 0 Å². The molecule has 11 aromatic rings. The van der Waals surface area contributed by atoms with Gasteiger partial charge in [0, 0.05) is 38.3 Å². The lowest BCUT2D eigenvalue weighted by atomic mass is 10.0. The van der Waals surface area contributed by atoms with Crippen LogP contribution in [0.5, 0.6) is 0 Å². The number of fused-ring (bicyclic) bond motifs is 10. The molecule has 3 heteroatoms. The molecule has 0 N–H and O–H groups in total. The molecule has 0 bridgehead atoms. The van der Waals surface area contributed by atoms with Crippen LogP contribution >= 0.6 is 0 Å². The average molecular weight is 651 g/mol. The van der Waals surface area contributed by atoms with Gasteiger partial charge in [0.05, 0.1) is 27.5 Å². The van der Waals surface area contributed by atoms with Gasteiger partial charge in [-0.05, 0) is 89.0 Å². The van der Waals surface area contributed by atoms with E-state index in [1.165, 1.54) is 54.8 Å². The molecule has 3 heterocycles. The molecule has 0 amide bonds. The summed E-state index contributed by atoms with van der Waals surface area (Å²) in [7, 11) is 0. The summed E-state index contributed by atoms with van der Waals surface area (Å²) in [5.41, 5.74) is 13.5. The summed E-state index contributed by atoms with van der Waals surface area (Å²) in [6, 6.07) is 65.4. The van der Waals surface area contributed by atoms with E-state index in [4.69, 9.17) is 4.42 Å². The SMILES string of the molecule is c1ccc(-c2cccc(-n3c4ccccc4c4cc5c6ccc7oc8ccc(-c9ccccc9)cc8c7c6n(-c6ccccc6)c5cc43)c2)cc1. The summed E-state index contributed by atoms with van der Waals surface area (Å²) >= 11 is 0. The van der Waals surface area contributed by atoms with Gasteiger partial charge in [-0.15, -0.1) is 0 Å². The molecule has 3 aromatic heterocycles. The maximum absolute atomic E-state index is 6.57. The van der Waals surface area contributed by atoms with Crippen molar-refractivity contribution >= 4 is 65.6 Å². The van der Waals surface area contributed by atoms with Crippen molar-refractivity contribution in [3.63, 3.8) is 0 Å². The quantitative estimate of drug-likeness (QED) is 0.186. The number of benzene rings is 8. The van der Waals surface area contributed by atoms with Gasteiger partial charge in [0.15, 0.2) is 0 Å². The normalized spacial score (nSPS) is 11.9. The molecule has 0 radical (unpaired) electrons. The van der Waals surface area contributed by atoms with Crippen LogP contribution in [0.4, 0.5) is 0 Å². The molecule has 51 heavy (non-hydrogen) atoms. The zero-order valence-corrected chi connectivity index (χ0v) is 27.6. The van der Waals surface area contributed by atoms with Gasteiger partial charge in [-0.3, -0.25) is 0 Å². The third-order valence-corrected chi connectivity index (χ3v) is 10.5. The number of hydrogen-bond acceptors (Lipinski definition) is 1. The van der Waals surface area contributed by atoms with Gasteiger partial charge < -0.3 is 13.6 Å². The molecule has 8 aromatic carbocycles. The van der Waals surface area contributed by atoms with Crippen LogP contribution in [-0.2, 0) is 0 Å². The first-order valence-electron chi connectivity index (χ1n) is 17.4. The Labute approximate surface area is 293 Å². The second kappa shape index (κ2) is 10.8. The first kappa shape index (κ1) is 28.0. The van der Waals surface area contributed by atoms with Crippen molar-refractivity contribution in [3.8, 4) is 33.6 Å². The lowest BCUT2D eigenvalue weighted by Gasteiger charge is -2.12. The highest BCUT2D eigenvalue weighted by molar-refractivity contribution is 6.27. The molecule has 0 aliphatic heterocycles. The smallest absolute Gasteiger partial charge is 0.137 e. The Balaban J connectivity index is 1.27. The second-order valence-electron chi connectivity index (χ2n) is 13.3. The summed E-state index contributed by atoms with van der Waals surface area (Å²) in [4.78, 5) is 0. The number of hydrogen-bond donors (Lipinski definition) is 0. The van der Waals surface area contributed by atoms with E-state index < -0.39 is 0 Å². The Hall–Kier alpha value is -6.84. The van der Waals surface area contributed by atoms with Crippen LogP contribution in [0, 0.1) is 0 Å². The fourth-order valence-electron chi connectivity index (χ4n) is 8.21. The van der Waals surface area contributed by atoms with E-state index in [9.17, 15) is 0 Å². The van der Waals surface area contributed by atoms with E-state index in [0.717, 1.165) is 44.3 Å². The maximum atomic E-state index is 6.57. The first-order chi connectivity index (χ1) is 25.3. The number of furan rings is 1. The third-order valence-electron chi connectivity index (χ3n) is 10.5. The van der Waals surface area contributed by atoms with E-state index in [2.05, 4.69) is 191 Å². The Morgan fingerprint density at radius 2 is 0.922 bits per heavy atom. The predicted octanol–water partition coefficient (Wildman–Crippen LogP) is 13.1. The van der Waals surface area contributed by atoms with Crippen LogP contribution in [0.3, 0.4) is 0 Å². The monoisotopic (exact) mass is 650 g/mol. The van der Waals surface area contributed by atoms with Gasteiger partial charge in [0.25, 0.3) is 0 Å². The van der Waals surface area contributed by atoms with Crippen LogP contribution in [0.1, 0.15) is 0 Å². The van der Waals surface area contributed by atoms with Crippen molar-refractivity contribution < 1.29 is 4.42 Å². The molecule has 0 aliphatic carbocycles. The molecular formula is C48H30N2O. The molecule has 0 unspecified atom stereocenters. The van der Waals surface area contributed by atoms with E-state index in [-0.39, 0.29) is 0 Å². The van der Waals surface area contributed by atoms with Crippen molar-refractivity contribution in [2.75, 3.05) is 0 Å². The Kier molecular flexibility index (Phi) is 5.96. The molecule has 0 aliphatic rings. The third kappa shape index (κ3) is 4.19. The minimum Gasteiger partial charge on any atom is -0.456 e. The van der Waals surface area contributed by atoms with Gasteiger partial charge in [-0.25, -0.2) is 0 Å². The Bertz CT molecular complexity index is 3110. The topological polar surface area (TPSA) is 23.0 Å². The van der Waals surface area contributed by atoms with Gasteiger partial charge in [-0.1, -0.05) is 115 Å². The first-order valence-corrected chi connectivity index (χ1v) is 17.4. The van der Waals surface area contributed by atoms with Gasteiger partial charge in [0.1, 0.15) is 11.2 Å². The van der Waals surface area contributed by atoms with Crippen molar-refractivity contribution in [1.29, 1.82) is 0 Å². The summed E-state index contributed by atoms with van der Waals surface area (Å²) in [5, 5.41) is 7.15. The lowest BCUT2D eigenvalue weighted by Crippen LogP contribution is -1.96. The van der Waals surface area contributed by atoms with Crippen molar-refractivity contribution in [3.05, 3.63) is 182 Å². The second-order valence-corrected chi connectivity index (χ2v) is 13.3. The molecule has 0 atom stereocenters. The highest BCUT2D eigenvalue weighted by Gasteiger charge is 2.22. The van der Waals surface area contributed by atoms with E-state index >= 15 is 0 Å². The maximum Gasteiger partial charge on any atom is 0.137 e. The number of aromatic nitrogens is 2. The largest absolute Gasteiger partial charge is 0.456 e. The van der Waals surface area contributed by atoms with Crippen molar-refractivity contribution in [1.82, 2.24) is 9.13 Å². The van der Waals surface area contributed by atoms with Crippen LogP contribution in [0.2, 0.25) is 0 Å². The molecule has 0 saturated heterocycles. The zero-order chi connectivity index (χ0) is 33.5. The van der Waals surface area contributed by atoms with E-state index in [1.807, 2.05) is 0 Å². The predicted molar refractivity (Wildman–Crippen MR) is 213 cm³/mol. The fraction of sp³-hybridized carbons (Fsp3) is 0. The number of rotatable bonds is 4. The lowest BCUT2D eigenvalue weighted by molar-refractivity contribution is 0.669. The standard InChI is InChI=1S/C48H30N2O/c1-4-13-31(14-5-1)33-17-12-20-36(27-33)49-42-22-11-10-21-37(42)39-29-40-38-24-26-46-47(41-28-34(23-25-45(41)51-46)32-15-6-2-7-16-32)48(38)50(44(40)30-43(39)49)35-18-8-3-9-19-35/h1-30H. The van der Waals surface area contributed by atoms with Gasteiger partial charge in [-0.2, -0.15) is 0 Å². The Morgan fingerprint density at radius 1 is 0.314 bits per heavy atom. The summed E-state index contributed by atoms with van der Waals surface area (Å²) in [6.07, 6.45) is 0. The molecule has 238 valence electrons.